The van der Waals surface area contributed by atoms with Crippen molar-refractivity contribution < 1.29 is 0 Å². The number of hydrogen-bond donors (Lipinski definition) is 0. The van der Waals surface area contributed by atoms with E-state index >= 15 is 0 Å². The van der Waals surface area contributed by atoms with Crippen molar-refractivity contribution in [2.45, 2.75) is 13.8 Å². The zero-order valence-corrected chi connectivity index (χ0v) is 5.16. The molecular formula is C4H10N3O-. The van der Waals surface area contributed by atoms with Crippen LogP contribution < -0.4 is 0 Å². The molecule has 0 aromatic heterocycles. The Morgan fingerprint density at radius 2 is 1.88 bits per heavy atom. The van der Waals surface area contributed by atoms with Crippen LogP contribution in [-0.2, 0) is 0 Å². The number of nitrogens with zero attached hydrogens (tertiary/aromatic N) is 3. The predicted octanol–water partition coefficient (Wildman–Crippen LogP) is 1.19. The van der Waals surface area contributed by atoms with Crippen LogP contribution in [0.4, 0.5) is 0 Å². The van der Waals surface area contributed by atoms with Crippen molar-refractivity contribution in [1.29, 1.82) is 0 Å². The van der Waals surface area contributed by atoms with Gasteiger partial charge in [-0.1, -0.05) is 5.22 Å². The van der Waals surface area contributed by atoms with Gasteiger partial charge in [-0.2, -0.15) is 5.28 Å². The second-order valence-electron chi connectivity index (χ2n) is 1.31. The standard InChI is InChI=1S/C4H11N3O/c1-3-7(4-2)5-6-8/h3-4H2,1-2H3,(H,5,8)/p-1. The van der Waals surface area contributed by atoms with Gasteiger partial charge < -0.3 is 5.21 Å². The maximum atomic E-state index is 9.47. The molecule has 0 bridgehead atoms. The lowest BCUT2D eigenvalue weighted by Crippen LogP contribution is -2.14. The van der Waals surface area contributed by atoms with Crippen LogP contribution in [0.15, 0.2) is 10.5 Å². The van der Waals surface area contributed by atoms with Gasteiger partial charge in [-0.05, 0) is 13.8 Å². The molecule has 0 spiro atoms. The van der Waals surface area contributed by atoms with Crippen LogP contribution >= 0.6 is 0 Å². The van der Waals surface area contributed by atoms with E-state index in [0.717, 1.165) is 13.1 Å². The van der Waals surface area contributed by atoms with E-state index < -0.39 is 0 Å². The van der Waals surface area contributed by atoms with Gasteiger partial charge in [0, 0.05) is 13.1 Å². The Labute approximate surface area is 48.8 Å². The highest BCUT2D eigenvalue weighted by atomic mass is 16.5. The van der Waals surface area contributed by atoms with E-state index in [9.17, 15) is 5.21 Å². The summed E-state index contributed by atoms with van der Waals surface area (Å²) < 4.78 is 0. The zero-order chi connectivity index (χ0) is 6.41. The highest BCUT2D eigenvalue weighted by Gasteiger charge is 1.87. The lowest BCUT2D eigenvalue weighted by Gasteiger charge is -2.11. The minimum absolute atomic E-state index is 0.738. The van der Waals surface area contributed by atoms with Crippen LogP contribution in [0.3, 0.4) is 0 Å². The van der Waals surface area contributed by atoms with Crippen LogP contribution in [0.1, 0.15) is 13.8 Å². The third kappa shape index (κ3) is 2.39. The maximum Gasteiger partial charge on any atom is 0.0348 e. The van der Waals surface area contributed by atoms with Crippen molar-refractivity contribution in [3.05, 3.63) is 5.21 Å². The summed E-state index contributed by atoms with van der Waals surface area (Å²) >= 11 is 0. The molecule has 0 amide bonds. The van der Waals surface area contributed by atoms with Gasteiger partial charge in [0.2, 0.25) is 0 Å². The molecule has 0 aliphatic carbocycles. The van der Waals surface area contributed by atoms with Crippen molar-refractivity contribution >= 4 is 0 Å². The van der Waals surface area contributed by atoms with Gasteiger partial charge in [-0.3, -0.25) is 5.01 Å². The van der Waals surface area contributed by atoms with E-state index in [1.54, 1.807) is 5.01 Å². The van der Waals surface area contributed by atoms with Crippen LogP contribution in [-0.4, -0.2) is 18.1 Å². The van der Waals surface area contributed by atoms with Gasteiger partial charge in [-0.15, -0.1) is 0 Å². The SMILES string of the molecule is CCN(CC)/N=N/[O-]. The first-order valence-electron chi connectivity index (χ1n) is 2.63. The fourth-order valence-electron chi connectivity index (χ4n) is 0.402. The molecule has 8 heavy (non-hydrogen) atoms. The molecule has 0 aliphatic rings. The van der Waals surface area contributed by atoms with Crippen molar-refractivity contribution in [1.82, 2.24) is 5.01 Å². The topological polar surface area (TPSA) is 51.0 Å². The highest BCUT2D eigenvalue weighted by Crippen LogP contribution is 1.86. The summed E-state index contributed by atoms with van der Waals surface area (Å²) in [7, 11) is 0. The first-order chi connectivity index (χ1) is 3.85. The first-order valence-corrected chi connectivity index (χ1v) is 2.63. The van der Waals surface area contributed by atoms with Gasteiger partial charge in [0.15, 0.2) is 0 Å². The summed E-state index contributed by atoms with van der Waals surface area (Å²) in [5.41, 5.74) is 0. The van der Waals surface area contributed by atoms with Crippen molar-refractivity contribution in [3.63, 3.8) is 0 Å². The molecule has 0 saturated carbocycles. The van der Waals surface area contributed by atoms with Gasteiger partial charge in [0.1, 0.15) is 0 Å². The van der Waals surface area contributed by atoms with Gasteiger partial charge in [-0.25, -0.2) is 0 Å². The lowest BCUT2D eigenvalue weighted by molar-refractivity contribution is 0.300. The van der Waals surface area contributed by atoms with E-state index in [0.29, 0.717) is 0 Å². The molecule has 4 nitrogen and oxygen atoms in total. The first kappa shape index (κ1) is 7.20. The lowest BCUT2D eigenvalue weighted by atomic mass is 10.6. The van der Waals surface area contributed by atoms with Crippen LogP contribution in [0.5, 0.6) is 0 Å². The van der Waals surface area contributed by atoms with Gasteiger partial charge in [0.05, 0.1) is 0 Å². The van der Waals surface area contributed by atoms with E-state index in [1.807, 2.05) is 13.8 Å². The normalized spacial score (nSPS) is 10.2. The molecule has 0 heterocycles. The van der Waals surface area contributed by atoms with Gasteiger partial charge in [0.25, 0.3) is 0 Å². The fourth-order valence-corrected chi connectivity index (χ4v) is 0.402. The summed E-state index contributed by atoms with van der Waals surface area (Å²) in [5.74, 6) is 0. The minimum atomic E-state index is 0.738. The smallest absolute Gasteiger partial charge is 0.0348 e. The average molecular weight is 116 g/mol. The highest BCUT2D eigenvalue weighted by molar-refractivity contribution is 4.38. The Balaban J connectivity index is 3.36. The summed E-state index contributed by atoms with van der Waals surface area (Å²) in [4.78, 5) is 0. The van der Waals surface area contributed by atoms with Crippen LogP contribution in [0.25, 0.3) is 0 Å². The minimum Gasteiger partial charge on any atom is -0.774 e. The van der Waals surface area contributed by atoms with Crippen molar-refractivity contribution in [3.8, 4) is 0 Å². The Morgan fingerprint density at radius 1 is 1.38 bits per heavy atom. The van der Waals surface area contributed by atoms with Crippen LogP contribution in [0.2, 0.25) is 0 Å². The molecule has 0 aromatic rings. The summed E-state index contributed by atoms with van der Waals surface area (Å²) in [6, 6.07) is 0. The van der Waals surface area contributed by atoms with Crippen LogP contribution in [0, 0.1) is 5.21 Å². The summed E-state index contributed by atoms with van der Waals surface area (Å²) in [6.07, 6.45) is 0. The van der Waals surface area contributed by atoms with E-state index in [2.05, 4.69) is 10.5 Å². The monoisotopic (exact) mass is 116 g/mol. The molecule has 0 rings (SSSR count). The Bertz CT molecular complexity index is 69.7. The molecule has 0 aromatic carbocycles. The number of rotatable bonds is 3. The predicted molar refractivity (Wildman–Crippen MR) is 31.1 cm³/mol. The quantitative estimate of drug-likeness (QED) is 0.411. The Morgan fingerprint density at radius 3 is 2.00 bits per heavy atom. The molecule has 0 aliphatic heterocycles. The third-order valence-electron chi connectivity index (χ3n) is 0.893. The summed E-state index contributed by atoms with van der Waals surface area (Å²) in [6.45, 7) is 5.31. The second-order valence-corrected chi connectivity index (χ2v) is 1.31. The molecule has 0 radical (unpaired) electrons. The van der Waals surface area contributed by atoms with Crippen molar-refractivity contribution in [2.75, 3.05) is 13.1 Å². The van der Waals surface area contributed by atoms with E-state index in [1.165, 1.54) is 0 Å². The Hall–Kier alpha value is -0.800. The summed E-state index contributed by atoms with van der Waals surface area (Å²) in [5, 5.41) is 16.7. The number of hydrogen-bond acceptors (Lipinski definition) is 3. The molecular weight excluding hydrogens is 106 g/mol. The van der Waals surface area contributed by atoms with Gasteiger partial charge >= 0.3 is 0 Å². The molecule has 4 heteroatoms. The average Bonchev–Trinajstić information content (AvgIpc) is 1.83. The van der Waals surface area contributed by atoms with E-state index in [-0.39, 0.29) is 0 Å². The molecule has 0 atom stereocenters. The second kappa shape index (κ2) is 4.36. The molecule has 48 valence electrons. The largest absolute Gasteiger partial charge is 0.774 e. The maximum absolute atomic E-state index is 9.47. The van der Waals surface area contributed by atoms with Crippen molar-refractivity contribution in [2.24, 2.45) is 10.5 Å². The third-order valence-corrected chi connectivity index (χ3v) is 0.893. The fraction of sp³-hybridized carbons (Fsp3) is 1.00. The molecule has 0 N–H and O–H groups in total. The Kier molecular flexibility index (Phi) is 3.93. The zero-order valence-electron chi connectivity index (χ0n) is 5.16. The molecule has 0 unspecified atom stereocenters. The molecule has 0 saturated heterocycles. The van der Waals surface area contributed by atoms with E-state index in [4.69, 9.17) is 0 Å². The molecule has 0 fully saturated rings.